The maximum Gasteiger partial charge on any atom is 0.250 e. The summed E-state index contributed by atoms with van der Waals surface area (Å²) in [5, 5.41) is 0. The van der Waals surface area contributed by atoms with E-state index >= 15 is 0 Å². The van der Waals surface area contributed by atoms with Crippen LogP contribution >= 0.6 is 0 Å². The highest BCUT2D eigenvalue weighted by Crippen LogP contribution is 2.14. The van der Waals surface area contributed by atoms with Gasteiger partial charge in [0.25, 0.3) is 5.91 Å². The van der Waals surface area contributed by atoms with Crippen LogP contribution < -0.4 is 4.90 Å². The predicted octanol–water partition coefficient (Wildman–Crippen LogP) is 2.57. The number of carbonyl (C=O) groups excluding carboxylic acids is 2. The highest BCUT2D eigenvalue weighted by atomic mass is 16.2. The first-order valence-electron chi connectivity index (χ1n) is 5.64. The number of nitrogens with zero attached hydrogens (tertiary/aromatic N) is 1. The predicted molar refractivity (Wildman–Crippen MR) is 68.9 cm³/mol. The molecule has 3 nitrogen and oxygen atoms in total. The number of rotatable bonds is 5. The van der Waals surface area contributed by atoms with Crippen LogP contribution in [-0.4, -0.2) is 18.2 Å². The monoisotopic (exact) mass is 231 g/mol. The van der Waals surface area contributed by atoms with Crippen LogP contribution in [0.1, 0.15) is 20.3 Å². The fourth-order valence-electron chi connectivity index (χ4n) is 1.48. The second-order valence-corrected chi connectivity index (χ2v) is 3.78. The first kappa shape index (κ1) is 13.2. The smallest absolute Gasteiger partial charge is 0.250 e. The summed E-state index contributed by atoms with van der Waals surface area (Å²) in [7, 11) is 0. The lowest BCUT2D eigenvalue weighted by atomic mass is 10.2. The van der Waals surface area contributed by atoms with Gasteiger partial charge in [-0.2, -0.15) is 0 Å². The van der Waals surface area contributed by atoms with E-state index in [0.717, 1.165) is 5.69 Å². The van der Waals surface area contributed by atoms with Crippen molar-refractivity contribution in [1.82, 2.24) is 0 Å². The Morgan fingerprint density at radius 3 is 2.41 bits per heavy atom. The molecule has 0 unspecified atom stereocenters. The van der Waals surface area contributed by atoms with E-state index in [1.54, 1.807) is 17.9 Å². The molecule has 0 atom stereocenters. The summed E-state index contributed by atoms with van der Waals surface area (Å²) in [5.74, 6) is -0.0147. The second-order valence-electron chi connectivity index (χ2n) is 3.78. The number of hydrogen-bond donors (Lipinski definition) is 0. The molecule has 0 aliphatic carbocycles. The van der Waals surface area contributed by atoms with E-state index in [2.05, 4.69) is 0 Å². The van der Waals surface area contributed by atoms with Gasteiger partial charge in [-0.05, 0) is 32.1 Å². The summed E-state index contributed by atoms with van der Waals surface area (Å²) >= 11 is 0. The third-order valence-electron chi connectivity index (χ3n) is 2.33. The Morgan fingerprint density at radius 2 is 1.88 bits per heavy atom. The van der Waals surface area contributed by atoms with Gasteiger partial charge < -0.3 is 4.90 Å². The number of amides is 1. The number of hydrogen-bond acceptors (Lipinski definition) is 2. The molecule has 0 bridgehead atoms. The fourth-order valence-corrected chi connectivity index (χ4v) is 1.48. The molecule has 3 heteroatoms. The van der Waals surface area contributed by atoms with Crippen molar-refractivity contribution in [2.45, 2.75) is 20.3 Å². The lowest BCUT2D eigenvalue weighted by molar-refractivity contribution is -0.117. The number of allylic oxidation sites excluding steroid dienone is 1. The van der Waals surface area contributed by atoms with Crippen molar-refractivity contribution in [1.29, 1.82) is 0 Å². The van der Waals surface area contributed by atoms with E-state index in [9.17, 15) is 9.59 Å². The third-order valence-corrected chi connectivity index (χ3v) is 2.33. The molecular weight excluding hydrogens is 214 g/mol. The lowest BCUT2D eigenvalue weighted by Crippen LogP contribution is -2.31. The van der Waals surface area contributed by atoms with Crippen molar-refractivity contribution in [3.05, 3.63) is 42.5 Å². The zero-order valence-corrected chi connectivity index (χ0v) is 10.2. The molecule has 90 valence electrons. The minimum atomic E-state index is -0.0973. The zero-order valence-electron chi connectivity index (χ0n) is 10.2. The Bertz CT molecular complexity index is 409. The van der Waals surface area contributed by atoms with Gasteiger partial charge in [0.05, 0.1) is 0 Å². The van der Waals surface area contributed by atoms with Crippen LogP contribution in [-0.2, 0) is 9.59 Å². The number of carbonyl (C=O) groups is 2. The molecule has 0 aromatic heterocycles. The maximum absolute atomic E-state index is 11.9. The Balaban J connectivity index is 2.86. The van der Waals surface area contributed by atoms with Gasteiger partial charge in [0.1, 0.15) is 5.78 Å². The summed E-state index contributed by atoms with van der Waals surface area (Å²) in [6.45, 7) is 3.75. The first-order valence-corrected chi connectivity index (χ1v) is 5.64. The summed E-state index contributed by atoms with van der Waals surface area (Å²) in [5.41, 5.74) is 0.817. The van der Waals surface area contributed by atoms with Crippen molar-refractivity contribution in [2.24, 2.45) is 0 Å². The molecule has 17 heavy (non-hydrogen) atoms. The summed E-state index contributed by atoms with van der Waals surface area (Å²) in [6.07, 6.45) is 3.58. The van der Waals surface area contributed by atoms with Gasteiger partial charge in [0.2, 0.25) is 0 Å². The molecule has 0 heterocycles. The average Bonchev–Trinajstić information content (AvgIpc) is 2.30. The quantitative estimate of drug-likeness (QED) is 0.730. The molecule has 0 N–H and O–H groups in total. The van der Waals surface area contributed by atoms with Gasteiger partial charge in [0.15, 0.2) is 0 Å². The Labute approximate surface area is 102 Å². The molecule has 0 fully saturated rings. The highest BCUT2D eigenvalue weighted by Gasteiger charge is 2.12. The molecule has 0 saturated heterocycles. The van der Waals surface area contributed by atoms with E-state index < -0.39 is 0 Å². The van der Waals surface area contributed by atoms with Crippen molar-refractivity contribution in [3.8, 4) is 0 Å². The summed E-state index contributed by atoms with van der Waals surface area (Å²) < 4.78 is 0. The number of para-hydroxylation sites is 1. The van der Waals surface area contributed by atoms with Crippen LogP contribution in [0.5, 0.6) is 0 Å². The van der Waals surface area contributed by atoms with Crippen molar-refractivity contribution >= 4 is 17.4 Å². The zero-order chi connectivity index (χ0) is 12.7. The molecule has 0 aliphatic heterocycles. The highest BCUT2D eigenvalue weighted by molar-refractivity contribution is 6.01. The molecular formula is C14H17NO2. The first-order chi connectivity index (χ1) is 8.15. The van der Waals surface area contributed by atoms with Gasteiger partial charge in [-0.25, -0.2) is 0 Å². The van der Waals surface area contributed by atoms with Crippen molar-refractivity contribution < 1.29 is 9.59 Å². The fraction of sp³-hybridized carbons (Fsp3) is 0.286. The van der Waals surface area contributed by atoms with Gasteiger partial charge in [-0.1, -0.05) is 24.3 Å². The Hall–Kier alpha value is -1.90. The number of ketones is 1. The van der Waals surface area contributed by atoms with Gasteiger partial charge in [-0.3, -0.25) is 9.59 Å². The van der Waals surface area contributed by atoms with E-state index in [0.29, 0.717) is 13.0 Å². The minimum absolute atomic E-state index is 0.0826. The number of Topliss-reactive ketones (excluding diaryl/α,β-unsaturated/α-hetero) is 1. The van der Waals surface area contributed by atoms with Gasteiger partial charge in [-0.15, -0.1) is 0 Å². The van der Waals surface area contributed by atoms with Gasteiger partial charge in [0, 0.05) is 18.7 Å². The van der Waals surface area contributed by atoms with Crippen molar-refractivity contribution in [2.75, 3.05) is 11.4 Å². The summed E-state index contributed by atoms with van der Waals surface area (Å²) in [4.78, 5) is 24.5. The lowest BCUT2D eigenvalue weighted by Gasteiger charge is -2.20. The van der Waals surface area contributed by atoms with Crippen LogP contribution in [0, 0.1) is 0 Å². The minimum Gasteiger partial charge on any atom is -0.308 e. The molecule has 1 aromatic carbocycles. The van der Waals surface area contributed by atoms with Crippen LogP contribution in [0.2, 0.25) is 0 Å². The largest absolute Gasteiger partial charge is 0.308 e. The molecule has 1 amide bonds. The summed E-state index contributed by atoms with van der Waals surface area (Å²) in [6, 6.07) is 9.37. The number of anilines is 1. The maximum atomic E-state index is 11.9. The second kappa shape index (κ2) is 6.63. The molecule has 0 aliphatic rings. The SMILES string of the molecule is C/C=C/C(=O)N(CCC(C)=O)c1ccccc1. The molecule has 1 aromatic rings. The Kier molecular flexibility index (Phi) is 5.14. The molecule has 0 saturated carbocycles. The van der Waals surface area contributed by atoms with Crippen molar-refractivity contribution in [3.63, 3.8) is 0 Å². The molecule has 0 spiro atoms. The standard InChI is InChI=1S/C14H17NO2/c1-3-7-14(17)15(11-10-12(2)16)13-8-5-4-6-9-13/h3-9H,10-11H2,1-2H3/b7-3+. The van der Waals surface area contributed by atoms with E-state index in [-0.39, 0.29) is 11.7 Å². The normalized spacial score (nSPS) is 10.5. The molecule has 0 radical (unpaired) electrons. The van der Waals surface area contributed by atoms with Crippen LogP contribution in [0.15, 0.2) is 42.5 Å². The van der Waals surface area contributed by atoms with Crippen LogP contribution in [0.4, 0.5) is 5.69 Å². The third kappa shape index (κ3) is 4.23. The Morgan fingerprint density at radius 1 is 1.24 bits per heavy atom. The topological polar surface area (TPSA) is 37.4 Å². The number of benzene rings is 1. The van der Waals surface area contributed by atoms with E-state index in [1.807, 2.05) is 30.3 Å². The average molecular weight is 231 g/mol. The van der Waals surface area contributed by atoms with E-state index in [1.165, 1.54) is 13.0 Å². The van der Waals surface area contributed by atoms with Crippen LogP contribution in [0.25, 0.3) is 0 Å². The molecule has 1 rings (SSSR count). The van der Waals surface area contributed by atoms with Gasteiger partial charge >= 0.3 is 0 Å². The van der Waals surface area contributed by atoms with Crippen LogP contribution in [0.3, 0.4) is 0 Å². The van der Waals surface area contributed by atoms with E-state index in [4.69, 9.17) is 0 Å².